The molecule has 0 aliphatic heterocycles. The smallest absolute Gasteiger partial charge is 0.858 e. The van der Waals surface area contributed by atoms with E-state index in [0.29, 0.717) is 61.8 Å². The van der Waals surface area contributed by atoms with Gasteiger partial charge in [0.25, 0.3) is 5.91 Å². The van der Waals surface area contributed by atoms with Crippen molar-refractivity contribution in [2.75, 3.05) is 5.32 Å². The van der Waals surface area contributed by atoms with Crippen LogP contribution < -0.4 is 15.5 Å². The minimum absolute atomic E-state index is 0. The van der Waals surface area contributed by atoms with Crippen LogP contribution in [0.2, 0.25) is 0 Å². The number of aliphatic carboxylic acids is 2. The van der Waals surface area contributed by atoms with Crippen LogP contribution in [0, 0.1) is 11.6 Å². The second-order valence-corrected chi connectivity index (χ2v) is 20.7. The van der Waals surface area contributed by atoms with Crippen molar-refractivity contribution < 1.29 is 58.9 Å². The molecule has 0 bridgehead atoms. The van der Waals surface area contributed by atoms with Gasteiger partial charge in [-0.3, -0.25) is 14.6 Å². The van der Waals surface area contributed by atoms with Crippen LogP contribution in [-0.4, -0.2) is 121 Å². The number of anilines is 1. The first-order chi connectivity index (χ1) is 39.3. The molecular weight excluding hydrogens is 1090 g/mol. The zero-order valence-electron chi connectivity index (χ0n) is 46.9. The first-order valence-corrected chi connectivity index (χ1v) is 27.3. The van der Waals surface area contributed by atoms with Gasteiger partial charge in [-0.2, -0.15) is 0 Å². The van der Waals surface area contributed by atoms with Crippen molar-refractivity contribution in [3.63, 3.8) is 0 Å². The van der Waals surface area contributed by atoms with Crippen LogP contribution in [0.15, 0.2) is 175 Å². The van der Waals surface area contributed by atoms with Crippen LogP contribution >= 0.6 is 0 Å². The number of aromatic nitrogens is 2. The third-order valence-electron chi connectivity index (χ3n) is 13.8. The fourth-order valence-electron chi connectivity index (χ4n) is 10.3. The van der Waals surface area contributed by atoms with Gasteiger partial charge in [0.15, 0.2) is 0 Å². The fourth-order valence-corrected chi connectivity index (χ4v) is 10.3. The summed E-state index contributed by atoms with van der Waals surface area (Å²) in [7, 11) is 0. The molecule has 0 spiro atoms. The normalized spacial score (nSPS) is 12.9. The molecule has 6 aromatic carbocycles. The number of aliphatic hydroxyl groups is 4. The minimum atomic E-state index is -1.39. The van der Waals surface area contributed by atoms with Crippen LogP contribution in [-0.2, 0) is 22.7 Å². The number of rotatable bonds is 24. The third kappa shape index (κ3) is 17.4. The average molecular weight is 1160 g/mol. The average Bonchev–Trinajstić information content (AvgIpc) is 3.14. The molecule has 6 N–H and O–H groups in total. The van der Waals surface area contributed by atoms with E-state index >= 15 is 0 Å². The second kappa shape index (κ2) is 30.9. The van der Waals surface area contributed by atoms with E-state index in [2.05, 4.69) is 10.3 Å². The van der Waals surface area contributed by atoms with Crippen molar-refractivity contribution in [2.24, 2.45) is 4.99 Å². The number of benzene rings is 6. The van der Waals surface area contributed by atoms with Crippen LogP contribution in [0.1, 0.15) is 105 Å². The summed E-state index contributed by atoms with van der Waals surface area (Å²) in [5, 5.41) is 78.3. The van der Waals surface area contributed by atoms with E-state index in [-0.39, 0.29) is 100 Å². The van der Waals surface area contributed by atoms with Crippen LogP contribution in [0.5, 0.6) is 0 Å². The molecule has 0 aliphatic carbocycles. The largest absolute Gasteiger partial charge is 2.00 e. The Bertz CT molecular complexity index is 3410. The number of hydrogen-bond donors (Lipinski definition) is 6. The maximum Gasteiger partial charge on any atom is 2.00 e. The van der Waals surface area contributed by atoms with Crippen LogP contribution in [0.25, 0.3) is 44.8 Å². The number of amides is 1. The molecule has 4 atom stereocenters. The van der Waals surface area contributed by atoms with Gasteiger partial charge in [0.2, 0.25) is 0 Å². The van der Waals surface area contributed by atoms with Crippen molar-refractivity contribution in [1.82, 2.24) is 9.13 Å². The summed E-state index contributed by atoms with van der Waals surface area (Å²) in [5.41, 5.74) is 9.19. The van der Waals surface area contributed by atoms with E-state index in [1.165, 1.54) is 24.3 Å². The number of nitrogens with one attached hydrogen (secondary N) is 1. The third-order valence-corrected chi connectivity index (χ3v) is 13.8. The molecular formula is C66H68CaF2N4O10. The maximum absolute atomic E-state index is 14.0. The molecule has 0 saturated heterocycles. The van der Waals surface area contributed by atoms with E-state index in [1.807, 2.05) is 134 Å². The Morgan fingerprint density at radius 1 is 0.518 bits per heavy atom. The van der Waals surface area contributed by atoms with E-state index in [1.54, 1.807) is 48.5 Å². The van der Waals surface area contributed by atoms with Crippen molar-refractivity contribution >= 4 is 72.9 Å². The molecule has 14 nitrogen and oxygen atoms in total. The number of carboxylic acid groups (broad SMARTS) is 2. The molecule has 83 heavy (non-hydrogen) atoms. The van der Waals surface area contributed by atoms with Gasteiger partial charge in [-0.25, -0.2) is 8.78 Å². The zero-order valence-corrected chi connectivity index (χ0v) is 49.1. The molecule has 0 radical (unpaired) electrons. The topological polar surface area (TPSA) is 233 Å². The Morgan fingerprint density at radius 3 is 1.31 bits per heavy atom. The molecule has 8 aromatic rings. The summed E-state index contributed by atoms with van der Waals surface area (Å²) in [6.07, 6.45) is -5.31. The number of aliphatic imine (C=N–C) groups is 1. The van der Waals surface area contributed by atoms with Crippen molar-refractivity contribution in [3.8, 4) is 44.8 Å². The number of carbonyl (C=O) groups excluding carboxylic acids is 2. The van der Waals surface area contributed by atoms with E-state index < -0.39 is 60.9 Å². The predicted octanol–water partition coefficient (Wildman–Crippen LogP) is 10.1. The molecule has 8 rings (SSSR count). The predicted molar refractivity (Wildman–Crippen MR) is 316 cm³/mol. The first-order valence-electron chi connectivity index (χ1n) is 27.3. The Kier molecular flexibility index (Phi) is 24.1. The molecule has 428 valence electrons. The van der Waals surface area contributed by atoms with Gasteiger partial charge in [-0.1, -0.05) is 125 Å². The van der Waals surface area contributed by atoms with Crippen LogP contribution in [0.4, 0.5) is 20.2 Å². The molecule has 0 fully saturated rings. The number of halogens is 2. The zero-order chi connectivity index (χ0) is 59.0. The molecule has 2 aromatic heterocycles. The van der Waals surface area contributed by atoms with Gasteiger partial charge in [0, 0.05) is 59.2 Å². The fraction of sp³-hybridized carbons (Fsp3) is 0.273. The number of carboxylic acids is 2. The van der Waals surface area contributed by atoms with Gasteiger partial charge in [0.05, 0.1) is 53.5 Å². The van der Waals surface area contributed by atoms with E-state index in [9.17, 15) is 53.8 Å². The Morgan fingerprint density at radius 2 is 0.904 bits per heavy atom. The van der Waals surface area contributed by atoms with Gasteiger partial charge < -0.3 is 55.0 Å². The number of aliphatic hydroxyl groups excluding tert-OH is 4. The summed E-state index contributed by atoms with van der Waals surface area (Å²) >= 11 is 0. The van der Waals surface area contributed by atoms with Gasteiger partial charge in [0.1, 0.15) is 11.6 Å². The Balaban J connectivity index is 0.000000263. The second-order valence-electron chi connectivity index (χ2n) is 20.7. The van der Waals surface area contributed by atoms with Crippen molar-refractivity contribution in [2.45, 2.75) is 116 Å². The molecule has 2 heterocycles. The quantitative estimate of drug-likeness (QED) is 0.0190. The van der Waals surface area contributed by atoms with Gasteiger partial charge >= 0.3 is 43.7 Å². The number of hydrogen-bond acceptors (Lipinski definition) is 10. The monoisotopic (exact) mass is 1150 g/mol. The summed E-state index contributed by atoms with van der Waals surface area (Å²) in [6, 6.07) is 49.2. The van der Waals surface area contributed by atoms with Gasteiger partial charge in [-0.15, -0.1) is 0 Å². The standard InChI is InChI=1S/2C33H35FN2O5.Ca/c2*1-21(2)31-30(33(41)35-25-11-7-4-8-12-25)29(22-9-5-3-6-10-22)32(23-13-15-24(34)16-14-23)36(31)18-17-26(37)19-27(38)20-28(39)40;/h2*3-16,21,26-27,37-38H,17-20H2,1-2H3,(H,35,41)(H,39,40);/q;;+2/p-2/t2*26-,27+;/m11./s1. The van der Waals surface area contributed by atoms with Crippen molar-refractivity contribution in [1.29, 1.82) is 0 Å². The number of nitrogens with zero attached hydrogens (tertiary/aromatic N) is 3. The maximum atomic E-state index is 14.0. The van der Waals surface area contributed by atoms with Crippen LogP contribution in [0.3, 0.4) is 0 Å². The summed E-state index contributed by atoms with van der Waals surface area (Å²) < 4.78 is 32.0. The molecule has 17 heteroatoms. The van der Waals surface area contributed by atoms with Gasteiger partial charge in [-0.05, 0) is 138 Å². The van der Waals surface area contributed by atoms with E-state index in [4.69, 9.17) is 5.11 Å². The number of para-hydroxylation sites is 2. The van der Waals surface area contributed by atoms with E-state index in [0.717, 1.165) is 16.8 Å². The molecule has 0 saturated carbocycles. The molecule has 1 amide bonds. The van der Waals surface area contributed by atoms with Crippen molar-refractivity contribution in [3.05, 3.63) is 204 Å². The minimum Gasteiger partial charge on any atom is -0.858 e. The SMILES string of the molecule is CC(C)c1c(C(=O)Nc2ccccc2)c(-c2ccccc2)c(-c2ccc(F)cc2)n1CC[C@@H](O)C[C@H](O)CC(=O)O.CC(C)c1c(C([O-])=Nc2ccccc2)c(-c2ccccc2)c(-c2ccc(F)cc2)n1CC[C@@H](O)C[C@H](O)CC(=O)[O-].[Ca+2]. The first kappa shape index (κ1) is 64.9. The summed E-state index contributed by atoms with van der Waals surface area (Å²) in [6.45, 7) is 8.43. The Labute approximate surface area is 512 Å². The molecule has 0 aliphatic rings. The molecule has 0 unspecified atom stereocenters. The Hall–Kier alpha value is -7.28. The number of carbonyl (C=O) groups is 3. The summed E-state index contributed by atoms with van der Waals surface area (Å²) in [4.78, 5) is 40.3. The summed E-state index contributed by atoms with van der Waals surface area (Å²) in [5.74, 6) is -4.29.